The fraction of sp³-hybridized carbons (Fsp3) is 0.667. The van der Waals surface area contributed by atoms with Crippen LogP contribution in [0.1, 0.15) is 26.3 Å². The lowest BCUT2D eigenvalue weighted by molar-refractivity contribution is 0.0591. The topological polar surface area (TPSA) is 31.4 Å². The van der Waals surface area contributed by atoms with E-state index in [1.54, 1.807) is 0 Å². The van der Waals surface area contributed by atoms with Crippen molar-refractivity contribution in [2.75, 3.05) is 38.5 Å². The highest BCUT2D eigenvalue weighted by Gasteiger charge is 2.25. The minimum absolute atomic E-state index is 0.288. The molecule has 0 aromatic carbocycles. The Labute approximate surface area is 116 Å². The first-order valence-corrected chi connectivity index (χ1v) is 7.10. The molecule has 0 amide bonds. The van der Waals surface area contributed by atoms with Gasteiger partial charge >= 0.3 is 0 Å². The average Bonchev–Trinajstić information content (AvgIpc) is 2.39. The first kappa shape index (κ1) is 14.3. The van der Waals surface area contributed by atoms with E-state index < -0.39 is 0 Å². The number of anilines is 1. The largest absolute Gasteiger partial charge is 0.373 e. The second-order valence-electron chi connectivity index (χ2n) is 6.20. The van der Waals surface area contributed by atoms with Crippen molar-refractivity contribution >= 4 is 5.82 Å². The molecule has 0 aliphatic carbocycles. The number of rotatable bonds is 3. The molecule has 2 rings (SSSR count). The quantitative estimate of drug-likeness (QED) is 0.903. The Morgan fingerprint density at radius 3 is 2.47 bits per heavy atom. The van der Waals surface area contributed by atoms with Gasteiger partial charge in [0.05, 0.1) is 0 Å². The van der Waals surface area contributed by atoms with Gasteiger partial charge in [-0.15, -0.1) is 0 Å². The normalized spacial score (nSPS) is 18.5. The number of aromatic nitrogens is 1. The lowest BCUT2D eigenvalue weighted by atomic mass is 10.0. The molecule has 1 N–H and O–H groups in total. The molecule has 1 aliphatic heterocycles. The van der Waals surface area contributed by atoms with E-state index in [1.807, 2.05) is 19.3 Å². The standard InChI is InChI=1S/C15H26N4/c1-15(2,3)19-10-8-18(9-11-19)12-13-6-5-7-17-14(13)16-4/h5-7H,8-12H2,1-4H3,(H,16,17). The van der Waals surface area contributed by atoms with Crippen molar-refractivity contribution in [3.8, 4) is 0 Å². The van der Waals surface area contributed by atoms with Gasteiger partial charge in [0.25, 0.3) is 0 Å². The van der Waals surface area contributed by atoms with Crippen molar-refractivity contribution < 1.29 is 0 Å². The van der Waals surface area contributed by atoms with Crippen LogP contribution in [-0.4, -0.2) is 53.5 Å². The van der Waals surface area contributed by atoms with E-state index in [9.17, 15) is 0 Å². The molecule has 0 bridgehead atoms. The summed E-state index contributed by atoms with van der Waals surface area (Å²) in [6.45, 7) is 12.4. The van der Waals surface area contributed by atoms with E-state index >= 15 is 0 Å². The first-order valence-electron chi connectivity index (χ1n) is 7.10. The monoisotopic (exact) mass is 262 g/mol. The fourth-order valence-corrected chi connectivity index (χ4v) is 2.61. The van der Waals surface area contributed by atoms with Gasteiger partial charge < -0.3 is 5.32 Å². The third kappa shape index (κ3) is 3.67. The number of nitrogens with one attached hydrogen (secondary N) is 1. The second-order valence-corrected chi connectivity index (χ2v) is 6.20. The number of hydrogen-bond acceptors (Lipinski definition) is 4. The highest BCUT2D eigenvalue weighted by atomic mass is 15.3. The summed E-state index contributed by atoms with van der Waals surface area (Å²) < 4.78 is 0. The molecule has 1 fully saturated rings. The summed E-state index contributed by atoms with van der Waals surface area (Å²) in [5, 5.41) is 3.17. The van der Waals surface area contributed by atoms with Crippen LogP contribution in [0.2, 0.25) is 0 Å². The van der Waals surface area contributed by atoms with Crippen LogP contribution >= 0.6 is 0 Å². The van der Waals surface area contributed by atoms with Crippen molar-refractivity contribution in [3.63, 3.8) is 0 Å². The van der Waals surface area contributed by atoms with Gasteiger partial charge in [-0.2, -0.15) is 0 Å². The molecule has 0 atom stereocenters. The van der Waals surface area contributed by atoms with E-state index in [4.69, 9.17) is 0 Å². The fourth-order valence-electron chi connectivity index (χ4n) is 2.61. The Kier molecular flexibility index (Phi) is 4.42. The number of piperazine rings is 1. The van der Waals surface area contributed by atoms with Gasteiger partial charge in [-0.25, -0.2) is 4.98 Å². The van der Waals surface area contributed by atoms with E-state index in [2.05, 4.69) is 46.9 Å². The summed E-state index contributed by atoms with van der Waals surface area (Å²) in [5.74, 6) is 1.00. The summed E-state index contributed by atoms with van der Waals surface area (Å²) in [7, 11) is 1.93. The molecule has 19 heavy (non-hydrogen) atoms. The first-order chi connectivity index (χ1) is 9.00. The van der Waals surface area contributed by atoms with Crippen molar-refractivity contribution in [2.45, 2.75) is 32.9 Å². The minimum atomic E-state index is 0.288. The lowest BCUT2D eigenvalue weighted by Gasteiger charge is -2.42. The molecule has 0 radical (unpaired) electrons. The van der Waals surface area contributed by atoms with Crippen molar-refractivity contribution in [2.24, 2.45) is 0 Å². The molecular formula is C15H26N4. The van der Waals surface area contributed by atoms with Gasteiger partial charge in [0, 0.05) is 57.1 Å². The zero-order chi connectivity index (χ0) is 13.9. The van der Waals surface area contributed by atoms with Crippen LogP contribution in [0.15, 0.2) is 18.3 Å². The predicted molar refractivity (Wildman–Crippen MR) is 80.4 cm³/mol. The van der Waals surface area contributed by atoms with E-state index in [0.717, 1.165) is 38.5 Å². The average molecular weight is 262 g/mol. The van der Waals surface area contributed by atoms with Crippen molar-refractivity contribution in [1.29, 1.82) is 0 Å². The molecule has 106 valence electrons. The maximum absolute atomic E-state index is 4.37. The summed E-state index contributed by atoms with van der Waals surface area (Å²) in [5.41, 5.74) is 1.57. The Hall–Kier alpha value is -1.13. The molecule has 0 unspecified atom stereocenters. The van der Waals surface area contributed by atoms with E-state index in [-0.39, 0.29) is 5.54 Å². The Balaban J connectivity index is 1.92. The van der Waals surface area contributed by atoms with Crippen molar-refractivity contribution in [1.82, 2.24) is 14.8 Å². The van der Waals surface area contributed by atoms with Crippen LogP contribution < -0.4 is 5.32 Å². The van der Waals surface area contributed by atoms with Crippen LogP contribution in [0.25, 0.3) is 0 Å². The Morgan fingerprint density at radius 1 is 1.21 bits per heavy atom. The third-order valence-corrected chi connectivity index (χ3v) is 3.84. The predicted octanol–water partition coefficient (Wildman–Crippen LogP) is 2.04. The van der Waals surface area contributed by atoms with Gasteiger partial charge in [-0.3, -0.25) is 9.80 Å². The molecule has 0 saturated carbocycles. The molecule has 0 spiro atoms. The molecule has 1 saturated heterocycles. The minimum Gasteiger partial charge on any atom is -0.373 e. The third-order valence-electron chi connectivity index (χ3n) is 3.84. The number of nitrogens with zero attached hydrogens (tertiary/aromatic N) is 3. The van der Waals surface area contributed by atoms with Crippen molar-refractivity contribution in [3.05, 3.63) is 23.9 Å². The molecule has 2 heterocycles. The van der Waals surface area contributed by atoms with Gasteiger partial charge in [0.2, 0.25) is 0 Å². The Bertz CT molecular complexity index is 403. The van der Waals surface area contributed by atoms with Crippen LogP contribution in [0.4, 0.5) is 5.82 Å². The Morgan fingerprint density at radius 2 is 1.89 bits per heavy atom. The number of hydrogen-bond donors (Lipinski definition) is 1. The molecular weight excluding hydrogens is 236 g/mol. The maximum atomic E-state index is 4.37. The highest BCUT2D eigenvalue weighted by molar-refractivity contribution is 5.42. The molecule has 4 nitrogen and oxygen atoms in total. The van der Waals surface area contributed by atoms with Crippen LogP contribution in [0.3, 0.4) is 0 Å². The van der Waals surface area contributed by atoms with Crippen LogP contribution in [0, 0.1) is 0 Å². The maximum Gasteiger partial charge on any atom is 0.130 e. The van der Waals surface area contributed by atoms with Crippen LogP contribution in [-0.2, 0) is 6.54 Å². The van der Waals surface area contributed by atoms with Gasteiger partial charge in [-0.1, -0.05) is 6.07 Å². The lowest BCUT2D eigenvalue weighted by Crippen LogP contribution is -2.53. The summed E-state index contributed by atoms with van der Waals surface area (Å²) in [6, 6.07) is 4.18. The SMILES string of the molecule is CNc1ncccc1CN1CCN(C(C)(C)C)CC1. The van der Waals surface area contributed by atoms with Crippen LogP contribution in [0.5, 0.6) is 0 Å². The van der Waals surface area contributed by atoms with E-state index in [1.165, 1.54) is 5.56 Å². The van der Waals surface area contributed by atoms with Gasteiger partial charge in [0.1, 0.15) is 5.82 Å². The second kappa shape index (κ2) is 5.88. The van der Waals surface area contributed by atoms with E-state index in [0.29, 0.717) is 0 Å². The number of pyridine rings is 1. The molecule has 1 aromatic heterocycles. The summed E-state index contributed by atoms with van der Waals surface area (Å²) >= 11 is 0. The molecule has 1 aromatic rings. The summed E-state index contributed by atoms with van der Waals surface area (Å²) in [6.07, 6.45) is 1.84. The molecule has 4 heteroatoms. The smallest absolute Gasteiger partial charge is 0.130 e. The zero-order valence-electron chi connectivity index (χ0n) is 12.6. The van der Waals surface area contributed by atoms with Gasteiger partial charge in [0.15, 0.2) is 0 Å². The molecule has 1 aliphatic rings. The highest BCUT2D eigenvalue weighted by Crippen LogP contribution is 2.18. The zero-order valence-corrected chi connectivity index (χ0v) is 12.6. The van der Waals surface area contributed by atoms with Gasteiger partial charge in [-0.05, 0) is 26.8 Å². The summed E-state index contributed by atoms with van der Waals surface area (Å²) in [4.78, 5) is 9.44.